The second-order valence-corrected chi connectivity index (χ2v) is 11.4. The molecular formula is C42H55NO2. The number of amides is 1. The van der Waals surface area contributed by atoms with Crippen LogP contribution in [0.15, 0.2) is 132 Å². The van der Waals surface area contributed by atoms with Gasteiger partial charge in [-0.15, -0.1) is 0 Å². The molecule has 0 radical (unpaired) electrons. The van der Waals surface area contributed by atoms with Gasteiger partial charge in [0, 0.05) is 17.9 Å². The van der Waals surface area contributed by atoms with Crippen LogP contribution in [0, 0.1) is 6.92 Å². The lowest BCUT2D eigenvalue weighted by Crippen LogP contribution is -2.17. The van der Waals surface area contributed by atoms with Crippen LogP contribution in [0.4, 0.5) is 0 Å². The van der Waals surface area contributed by atoms with Gasteiger partial charge in [-0.1, -0.05) is 126 Å². The van der Waals surface area contributed by atoms with Gasteiger partial charge in [-0.3, -0.25) is 4.79 Å². The van der Waals surface area contributed by atoms with Crippen LogP contribution in [-0.4, -0.2) is 18.6 Å². The van der Waals surface area contributed by atoms with Gasteiger partial charge in [0.05, 0.1) is 11.7 Å². The molecule has 1 aliphatic heterocycles. The van der Waals surface area contributed by atoms with Crippen molar-refractivity contribution in [1.82, 2.24) is 5.32 Å². The minimum Gasteiger partial charge on any atom is -0.378 e. The second kappa shape index (κ2) is 20.2. The first kappa shape index (κ1) is 37.2. The van der Waals surface area contributed by atoms with E-state index in [1.165, 1.54) is 37.7 Å². The molecule has 1 N–H and O–H groups in total. The fourth-order valence-corrected chi connectivity index (χ4v) is 5.63. The molecule has 0 bridgehead atoms. The van der Waals surface area contributed by atoms with Crippen molar-refractivity contribution in [3.8, 4) is 0 Å². The summed E-state index contributed by atoms with van der Waals surface area (Å²) in [5.41, 5.74) is 9.55. The Morgan fingerprint density at radius 3 is 2.20 bits per heavy atom. The van der Waals surface area contributed by atoms with Gasteiger partial charge < -0.3 is 10.1 Å². The molecule has 0 saturated heterocycles. The van der Waals surface area contributed by atoms with Crippen molar-refractivity contribution in [3.63, 3.8) is 0 Å². The van der Waals surface area contributed by atoms with Crippen LogP contribution in [0.5, 0.6) is 0 Å². The first-order chi connectivity index (χ1) is 21.8. The van der Waals surface area contributed by atoms with E-state index in [1.54, 1.807) is 12.2 Å². The van der Waals surface area contributed by atoms with E-state index < -0.39 is 0 Å². The standard InChI is InChI=1S/C26H29NO.C16H26O/c1-8-14-23(22-16-13-12-15-18(22)6)24-19(7)27-26(28)25(24)21(11-4)20(10-3)17(5)9-2;1-3-9-16(17-14-4-2)13-8-12-15-10-6-5-7-11-15/h9-16H,2-3,7-8H2,1,4-6H3,(H,27,28);5-7,10-11,16H,3-4,8-9,12-14H2,1-2H3/b20-17+,21-11+,23-14+;. The maximum absolute atomic E-state index is 13.0. The van der Waals surface area contributed by atoms with Gasteiger partial charge in [0.2, 0.25) is 0 Å². The molecule has 1 unspecified atom stereocenters. The van der Waals surface area contributed by atoms with Crippen LogP contribution in [0.1, 0.15) is 89.8 Å². The molecule has 2 aromatic carbocycles. The lowest BCUT2D eigenvalue weighted by atomic mass is 9.85. The third-order valence-electron chi connectivity index (χ3n) is 7.94. The zero-order chi connectivity index (χ0) is 33.2. The summed E-state index contributed by atoms with van der Waals surface area (Å²) < 4.78 is 5.87. The molecule has 1 heterocycles. The highest BCUT2D eigenvalue weighted by atomic mass is 16.5. The molecule has 45 heavy (non-hydrogen) atoms. The molecular weight excluding hydrogens is 550 g/mol. The van der Waals surface area contributed by atoms with Crippen LogP contribution < -0.4 is 5.32 Å². The maximum Gasteiger partial charge on any atom is 0.256 e. The minimum absolute atomic E-state index is 0.139. The summed E-state index contributed by atoms with van der Waals surface area (Å²) in [6, 6.07) is 18.9. The Morgan fingerprint density at radius 1 is 0.933 bits per heavy atom. The zero-order valence-corrected chi connectivity index (χ0v) is 28.7. The van der Waals surface area contributed by atoms with Gasteiger partial charge in [0.1, 0.15) is 0 Å². The van der Waals surface area contributed by atoms with Gasteiger partial charge in [0.15, 0.2) is 0 Å². The number of hydrogen-bond donors (Lipinski definition) is 1. The first-order valence-corrected chi connectivity index (χ1v) is 16.6. The molecule has 2 aromatic rings. The molecule has 0 aliphatic carbocycles. The fourth-order valence-electron chi connectivity index (χ4n) is 5.63. The van der Waals surface area contributed by atoms with Crippen molar-refractivity contribution < 1.29 is 9.53 Å². The Morgan fingerprint density at radius 2 is 1.62 bits per heavy atom. The predicted octanol–water partition coefficient (Wildman–Crippen LogP) is 11.0. The van der Waals surface area contributed by atoms with E-state index in [9.17, 15) is 4.79 Å². The van der Waals surface area contributed by atoms with E-state index in [-0.39, 0.29) is 5.91 Å². The van der Waals surface area contributed by atoms with Crippen LogP contribution >= 0.6 is 0 Å². The summed E-state index contributed by atoms with van der Waals surface area (Å²) >= 11 is 0. The third-order valence-corrected chi connectivity index (χ3v) is 7.94. The zero-order valence-electron chi connectivity index (χ0n) is 28.7. The molecule has 0 fully saturated rings. The van der Waals surface area contributed by atoms with Crippen LogP contribution in [-0.2, 0) is 16.0 Å². The number of carbonyl (C=O) groups is 1. The Bertz CT molecular complexity index is 1420. The SMILES string of the molecule is C=C/C(C)=C(C=C)/C(=C\C)C1=C(/C(=C/CC)c2ccccc2C)C(=C)NC1=O.CCCOC(CCC)CCCc1ccccc1. The van der Waals surface area contributed by atoms with Gasteiger partial charge in [-0.25, -0.2) is 0 Å². The summed E-state index contributed by atoms with van der Waals surface area (Å²) in [7, 11) is 0. The van der Waals surface area contributed by atoms with Crippen molar-refractivity contribution in [2.24, 2.45) is 0 Å². The molecule has 1 aliphatic rings. The highest BCUT2D eigenvalue weighted by Crippen LogP contribution is 2.40. The summed E-state index contributed by atoms with van der Waals surface area (Å²) in [6.45, 7) is 25.4. The maximum atomic E-state index is 13.0. The van der Waals surface area contributed by atoms with Gasteiger partial charge in [-0.05, 0) is 98.3 Å². The molecule has 240 valence electrons. The van der Waals surface area contributed by atoms with Crippen molar-refractivity contribution >= 4 is 11.5 Å². The summed E-state index contributed by atoms with van der Waals surface area (Å²) in [5, 5.41) is 2.92. The summed E-state index contributed by atoms with van der Waals surface area (Å²) in [6.07, 6.45) is 16.2. The number of rotatable bonds is 16. The highest BCUT2D eigenvalue weighted by Gasteiger charge is 2.32. The molecule has 3 heteroatoms. The number of allylic oxidation sites excluding steroid dienone is 7. The molecule has 3 nitrogen and oxygen atoms in total. The van der Waals surface area contributed by atoms with E-state index in [2.05, 4.69) is 101 Å². The van der Waals surface area contributed by atoms with Crippen LogP contribution in [0.2, 0.25) is 0 Å². The second-order valence-electron chi connectivity index (χ2n) is 11.4. The van der Waals surface area contributed by atoms with Crippen molar-refractivity contribution in [1.29, 1.82) is 0 Å². The van der Waals surface area contributed by atoms with Crippen molar-refractivity contribution in [2.45, 2.75) is 92.6 Å². The summed E-state index contributed by atoms with van der Waals surface area (Å²) in [4.78, 5) is 13.0. The molecule has 0 aromatic heterocycles. The van der Waals surface area contributed by atoms with E-state index in [0.29, 0.717) is 17.4 Å². The van der Waals surface area contributed by atoms with Crippen LogP contribution in [0.3, 0.4) is 0 Å². The summed E-state index contributed by atoms with van der Waals surface area (Å²) in [5.74, 6) is -0.139. The molecule has 1 amide bonds. The van der Waals surface area contributed by atoms with E-state index >= 15 is 0 Å². The lowest BCUT2D eigenvalue weighted by Gasteiger charge is -2.17. The Balaban J connectivity index is 0.000000355. The Labute approximate surface area is 273 Å². The van der Waals surface area contributed by atoms with Gasteiger partial charge in [-0.2, -0.15) is 0 Å². The minimum atomic E-state index is -0.139. The number of benzene rings is 2. The highest BCUT2D eigenvalue weighted by molar-refractivity contribution is 6.10. The quantitative estimate of drug-likeness (QED) is 0.193. The lowest BCUT2D eigenvalue weighted by molar-refractivity contribution is -0.116. The van der Waals surface area contributed by atoms with Gasteiger partial charge >= 0.3 is 0 Å². The van der Waals surface area contributed by atoms with E-state index in [4.69, 9.17) is 4.74 Å². The molecule has 1 atom stereocenters. The van der Waals surface area contributed by atoms with E-state index in [0.717, 1.165) is 58.4 Å². The third kappa shape index (κ3) is 10.9. The van der Waals surface area contributed by atoms with Crippen molar-refractivity contribution in [3.05, 3.63) is 149 Å². The number of ether oxygens (including phenoxy) is 1. The average molecular weight is 606 g/mol. The monoisotopic (exact) mass is 605 g/mol. The van der Waals surface area contributed by atoms with E-state index in [1.807, 2.05) is 32.1 Å². The topological polar surface area (TPSA) is 38.3 Å². The Hall–Kier alpha value is -3.95. The first-order valence-electron chi connectivity index (χ1n) is 16.6. The molecule has 0 saturated carbocycles. The largest absolute Gasteiger partial charge is 0.378 e. The number of hydrogen-bond acceptors (Lipinski definition) is 2. The predicted molar refractivity (Wildman–Crippen MR) is 195 cm³/mol. The normalized spacial score (nSPS) is 14.8. The smallest absolute Gasteiger partial charge is 0.256 e. The number of carbonyl (C=O) groups excluding carboxylic acids is 1. The Kier molecular flexibility index (Phi) is 16.7. The molecule has 0 spiro atoms. The fraction of sp³-hybridized carbons (Fsp3) is 0.357. The van der Waals surface area contributed by atoms with Crippen molar-refractivity contribution in [2.75, 3.05) is 6.61 Å². The average Bonchev–Trinajstić information content (AvgIpc) is 3.34. The number of nitrogens with one attached hydrogen (secondary N) is 1. The number of aryl methyl sites for hydroxylation is 2. The van der Waals surface area contributed by atoms with Crippen LogP contribution in [0.25, 0.3) is 5.57 Å². The molecule has 3 rings (SSSR count). The van der Waals surface area contributed by atoms with Gasteiger partial charge in [0.25, 0.3) is 5.91 Å².